The summed E-state index contributed by atoms with van der Waals surface area (Å²) >= 11 is 1.38. The van der Waals surface area contributed by atoms with Gasteiger partial charge in [0.15, 0.2) is 0 Å². The Labute approximate surface area is 183 Å². The van der Waals surface area contributed by atoms with Gasteiger partial charge in [0.2, 0.25) is 0 Å². The lowest BCUT2D eigenvalue weighted by Crippen LogP contribution is -2.26. The number of hydrogen-bond donors (Lipinski definition) is 2. The monoisotopic (exact) mass is 435 g/mol. The van der Waals surface area contributed by atoms with Crippen LogP contribution in [-0.2, 0) is 4.74 Å². The summed E-state index contributed by atoms with van der Waals surface area (Å²) in [6, 6.07) is 14.4. The zero-order valence-corrected chi connectivity index (χ0v) is 17.9. The molecule has 8 heteroatoms. The number of carbonyl (C=O) groups excluding carboxylic acids is 1. The molecule has 4 rings (SSSR count). The van der Waals surface area contributed by atoms with Crippen molar-refractivity contribution in [2.45, 2.75) is 6.92 Å². The maximum atomic E-state index is 11.8. The van der Waals surface area contributed by atoms with Crippen LogP contribution in [0.15, 0.2) is 59.7 Å². The van der Waals surface area contributed by atoms with Gasteiger partial charge in [-0.25, -0.2) is 9.78 Å². The van der Waals surface area contributed by atoms with Crippen molar-refractivity contribution in [3.05, 3.63) is 70.2 Å². The molecule has 0 radical (unpaired) electrons. The molecule has 2 N–H and O–H groups in total. The van der Waals surface area contributed by atoms with E-state index in [1.54, 1.807) is 43.2 Å². The molecule has 31 heavy (non-hydrogen) atoms. The molecule has 0 spiro atoms. The van der Waals surface area contributed by atoms with Crippen LogP contribution in [0.2, 0.25) is 0 Å². The van der Waals surface area contributed by atoms with Gasteiger partial charge in [-0.3, -0.25) is 5.41 Å². The third-order valence-electron chi connectivity index (χ3n) is 4.90. The summed E-state index contributed by atoms with van der Waals surface area (Å²) in [5, 5.41) is 21.7. The molecule has 2 heterocycles. The maximum Gasteiger partial charge on any atom is 0.338 e. The first-order valence-electron chi connectivity index (χ1n) is 9.68. The highest BCUT2D eigenvalue weighted by molar-refractivity contribution is 7.11. The second-order valence-electron chi connectivity index (χ2n) is 6.79. The molecule has 0 saturated carbocycles. The largest absolute Gasteiger partial charge is 0.510 e. The number of nitrogens with zero attached hydrogens (tertiary/aromatic N) is 2. The van der Waals surface area contributed by atoms with Crippen LogP contribution in [0.3, 0.4) is 0 Å². The van der Waals surface area contributed by atoms with Crippen molar-refractivity contribution in [3.8, 4) is 17.0 Å². The Morgan fingerprint density at radius 2 is 1.90 bits per heavy atom. The molecule has 0 atom stereocenters. The molecule has 0 aliphatic carbocycles. The highest BCUT2D eigenvalue weighted by Crippen LogP contribution is 2.34. The molecule has 158 valence electrons. The van der Waals surface area contributed by atoms with E-state index in [-0.39, 0.29) is 24.1 Å². The van der Waals surface area contributed by atoms with E-state index < -0.39 is 0 Å². The minimum Gasteiger partial charge on any atom is -0.510 e. The number of carbonyl (C=O) groups is 1. The summed E-state index contributed by atoms with van der Waals surface area (Å²) in [7, 11) is 1.62. The Morgan fingerprint density at radius 3 is 2.55 bits per heavy atom. The predicted molar refractivity (Wildman–Crippen MR) is 121 cm³/mol. The Balaban J connectivity index is 1.54. The predicted octanol–water partition coefficient (Wildman–Crippen LogP) is 4.76. The fourth-order valence-electron chi connectivity index (χ4n) is 3.30. The van der Waals surface area contributed by atoms with Gasteiger partial charge in [-0.15, -0.1) is 11.3 Å². The second kappa shape index (κ2) is 8.61. The van der Waals surface area contributed by atoms with E-state index in [0.717, 1.165) is 17.0 Å². The number of esters is 1. The molecule has 0 amide bonds. The van der Waals surface area contributed by atoms with Crippen LogP contribution in [0.4, 0.5) is 5.69 Å². The van der Waals surface area contributed by atoms with Crippen LogP contribution in [0.5, 0.6) is 5.75 Å². The summed E-state index contributed by atoms with van der Waals surface area (Å²) in [5.74, 6) is 0.634. The van der Waals surface area contributed by atoms with Crippen molar-refractivity contribution >= 4 is 34.4 Å². The molecule has 0 saturated heterocycles. The number of nitrogens with one attached hydrogen (secondary N) is 1. The van der Waals surface area contributed by atoms with Gasteiger partial charge in [-0.1, -0.05) is 0 Å². The summed E-state index contributed by atoms with van der Waals surface area (Å²) in [4.78, 5) is 18.2. The molecule has 0 bridgehead atoms. The smallest absolute Gasteiger partial charge is 0.338 e. The standard InChI is InChI=1S/C23H21N3O4S/c1-3-30-23(28)15-4-8-16(9-5-15)26-12-19(27)20(21(26)24)22-25-18(13-31-22)14-6-10-17(29-2)11-7-14/h4-11,13,24,27H,3,12H2,1-2H3. The summed E-state index contributed by atoms with van der Waals surface area (Å²) in [6.45, 7) is 2.24. The van der Waals surface area contributed by atoms with Gasteiger partial charge in [0.25, 0.3) is 0 Å². The van der Waals surface area contributed by atoms with Crippen LogP contribution in [0, 0.1) is 5.41 Å². The van der Waals surface area contributed by atoms with Crippen LogP contribution >= 0.6 is 11.3 Å². The third-order valence-corrected chi connectivity index (χ3v) is 5.76. The van der Waals surface area contributed by atoms with Crippen molar-refractivity contribution in [2.75, 3.05) is 25.2 Å². The quantitative estimate of drug-likeness (QED) is 0.542. The van der Waals surface area contributed by atoms with Crippen LogP contribution in [0.25, 0.3) is 16.8 Å². The number of benzene rings is 2. The zero-order chi connectivity index (χ0) is 22.0. The Hall–Kier alpha value is -3.65. The molecule has 7 nitrogen and oxygen atoms in total. The van der Waals surface area contributed by atoms with Crippen molar-refractivity contribution in [1.82, 2.24) is 4.98 Å². The second-order valence-corrected chi connectivity index (χ2v) is 7.65. The lowest BCUT2D eigenvalue weighted by Gasteiger charge is -2.18. The van der Waals surface area contributed by atoms with Crippen molar-refractivity contribution in [1.29, 1.82) is 5.41 Å². The molecule has 3 aromatic rings. The first kappa shape index (κ1) is 20.6. The van der Waals surface area contributed by atoms with Crippen molar-refractivity contribution < 1.29 is 19.4 Å². The number of methoxy groups -OCH3 is 1. The van der Waals surface area contributed by atoms with Gasteiger partial charge in [0, 0.05) is 16.6 Å². The number of rotatable bonds is 6. The fraction of sp³-hybridized carbons (Fsp3) is 0.174. The number of hydrogen-bond acceptors (Lipinski definition) is 7. The first-order chi connectivity index (χ1) is 15.0. The van der Waals surface area contributed by atoms with Crippen LogP contribution in [-0.4, -0.2) is 42.2 Å². The van der Waals surface area contributed by atoms with Gasteiger partial charge < -0.3 is 19.5 Å². The number of aliphatic hydroxyl groups excluding tert-OH is 1. The minimum atomic E-state index is -0.388. The van der Waals surface area contributed by atoms with Gasteiger partial charge >= 0.3 is 5.97 Å². The molecule has 0 fully saturated rings. The number of aromatic nitrogens is 1. The Kier molecular flexibility index (Phi) is 5.73. The third kappa shape index (κ3) is 4.02. The van der Waals surface area contributed by atoms with Gasteiger partial charge in [0.1, 0.15) is 22.4 Å². The molecule has 1 aliphatic heterocycles. The first-order valence-corrected chi connectivity index (χ1v) is 10.6. The number of anilines is 1. The highest BCUT2D eigenvalue weighted by Gasteiger charge is 2.31. The van der Waals surface area contributed by atoms with Crippen molar-refractivity contribution in [3.63, 3.8) is 0 Å². The van der Waals surface area contributed by atoms with Crippen LogP contribution in [0.1, 0.15) is 22.3 Å². The molecule has 2 aromatic carbocycles. The highest BCUT2D eigenvalue weighted by atomic mass is 32.1. The van der Waals surface area contributed by atoms with Crippen molar-refractivity contribution in [2.24, 2.45) is 0 Å². The fourth-order valence-corrected chi connectivity index (χ4v) is 4.19. The number of ether oxygens (including phenoxy) is 2. The number of aliphatic hydroxyl groups is 1. The average Bonchev–Trinajstić information content (AvgIpc) is 3.38. The number of amidine groups is 1. The van der Waals surface area contributed by atoms with E-state index in [4.69, 9.17) is 14.9 Å². The SMILES string of the molecule is CCOC(=O)c1ccc(N2CC(O)=C(c3nc(-c4ccc(OC)cc4)cs3)C2=N)cc1. The lowest BCUT2D eigenvalue weighted by molar-refractivity contribution is 0.0526. The van der Waals surface area contributed by atoms with Crippen LogP contribution < -0.4 is 9.64 Å². The molecule has 1 aromatic heterocycles. The average molecular weight is 436 g/mol. The Morgan fingerprint density at radius 1 is 1.19 bits per heavy atom. The van der Waals surface area contributed by atoms with E-state index in [1.165, 1.54) is 11.3 Å². The van der Waals surface area contributed by atoms with E-state index in [1.807, 2.05) is 29.6 Å². The zero-order valence-electron chi connectivity index (χ0n) is 17.1. The summed E-state index contributed by atoms with van der Waals surface area (Å²) in [6.07, 6.45) is 0. The van der Waals surface area contributed by atoms with E-state index in [2.05, 4.69) is 4.98 Å². The topological polar surface area (TPSA) is 95.7 Å². The lowest BCUT2D eigenvalue weighted by atomic mass is 10.1. The normalized spacial score (nSPS) is 13.6. The van der Waals surface area contributed by atoms with E-state index >= 15 is 0 Å². The number of thiazole rings is 1. The molecule has 0 unspecified atom stereocenters. The molecular weight excluding hydrogens is 414 g/mol. The van der Waals surface area contributed by atoms with Gasteiger partial charge in [0.05, 0.1) is 37.1 Å². The van der Waals surface area contributed by atoms with Gasteiger partial charge in [-0.05, 0) is 55.5 Å². The van der Waals surface area contributed by atoms with E-state index in [9.17, 15) is 9.90 Å². The Bertz CT molecular complexity index is 1150. The summed E-state index contributed by atoms with van der Waals surface area (Å²) < 4.78 is 10.2. The maximum absolute atomic E-state index is 11.8. The molecule has 1 aliphatic rings. The van der Waals surface area contributed by atoms with Gasteiger partial charge in [-0.2, -0.15) is 0 Å². The molecular formula is C23H21N3O4S. The van der Waals surface area contributed by atoms with E-state index in [0.29, 0.717) is 28.4 Å². The minimum absolute atomic E-state index is 0.0927. The summed E-state index contributed by atoms with van der Waals surface area (Å²) in [5.41, 5.74) is 3.26.